The van der Waals surface area contributed by atoms with Crippen LogP contribution in [0.4, 0.5) is 5.69 Å². The predicted octanol–water partition coefficient (Wildman–Crippen LogP) is 3.74. The quantitative estimate of drug-likeness (QED) is 0.272. The molecule has 0 radical (unpaired) electrons. The maximum absolute atomic E-state index is 12.1. The highest BCUT2D eigenvalue weighted by atomic mass is 127. The summed E-state index contributed by atoms with van der Waals surface area (Å²) >= 11 is 0. The minimum Gasteiger partial charge on any atom is -0.497 e. The molecule has 0 saturated carbocycles. The number of hydrogen-bond acceptors (Lipinski definition) is 4. The van der Waals surface area contributed by atoms with Gasteiger partial charge in [-0.05, 0) is 55.3 Å². The van der Waals surface area contributed by atoms with E-state index in [-0.39, 0.29) is 41.8 Å². The third-order valence-electron chi connectivity index (χ3n) is 6.39. The number of benzene rings is 2. The van der Waals surface area contributed by atoms with Gasteiger partial charge in [-0.15, -0.1) is 24.0 Å². The van der Waals surface area contributed by atoms with Gasteiger partial charge >= 0.3 is 0 Å². The van der Waals surface area contributed by atoms with Crippen LogP contribution in [0.3, 0.4) is 0 Å². The molecule has 178 valence electrons. The molecule has 33 heavy (non-hydrogen) atoms. The highest BCUT2D eigenvalue weighted by Crippen LogP contribution is 2.31. The van der Waals surface area contributed by atoms with Crippen molar-refractivity contribution in [3.8, 4) is 5.75 Å². The van der Waals surface area contributed by atoms with Gasteiger partial charge in [0.15, 0.2) is 5.96 Å². The Labute approximate surface area is 213 Å². The number of halogens is 1. The molecule has 7 nitrogen and oxygen atoms in total. The van der Waals surface area contributed by atoms with Crippen LogP contribution in [0.25, 0.3) is 0 Å². The van der Waals surface area contributed by atoms with Crippen LogP contribution < -0.4 is 20.7 Å². The first-order valence-electron chi connectivity index (χ1n) is 11.4. The van der Waals surface area contributed by atoms with E-state index in [4.69, 9.17) is 4.74 Å². The van der Waals surface area contributed by atoms with E-state index in [1.54, 1.807) is 14.2 Å². The van der Waals surface area contributed by atoms with Crippen LogP contribution in [-0.4, -0.2) is 57.1 Å². The van der Waals surface area contributed by atoms with Gasteiger partial charge in [0.05, 0.1) is 13.2 Å². The molecule has 2 heterocycles. The van der Waals surface area contributed by atoms with Gasteiger partial charge in [-0.1, -0.05) is 30.3 Å². The van der Waals surface area contributed by atoms with Crippen molar-refractivity contribution < 1.29 is 9.53 Å². The van der Waals surface area contributed by atoms with Crippen molar-refractivity contribution in [3.05, 3.63) is 59.7 Å². The first-order valence-corrected chi connectivity index (χ1v) is 11.4. The Morgan fingerprint density at radius 2 is 1.88 bits per heavy atom. The van der Waals surface area contributed by atoms with Crippen LogP contribution in [0, 0.1) is 0 Å². The number of likely N-dealkylation sites (tertiary alicyclic amines) is 1. The summed E-state index contributed by atoms with van der Waals surface area (Å²) < 4.78 is 5.33. The maximum Gasteiger partial charge on any atom is 0.225 e. The number of methoxy groups -OCH3 is 1. The van der Waals surface area contributed by atoms with Crippen LogP contribution >= 0.6 is 24.0 Å². The summed E-state index contributed by atoms with van der Waals surface area (Å²) in [5.74, 6) is 1.81. The van der Waals surface area contributed by atoms with Crippen LogP contribution in [0.15, 0.2) is 53.5 Å². The van der Waals surface area contributed by atoms with Gasteiger partial charge in [0.2, 0.25) is 5.91 Å². The van der Waals surface area contributed by atoms with E-state index < -0.39 is 0 Å². The molecule has 2 atom stereocenters. The van der Waals surface area contributed by atoms with Crippen molar-refractivity contribution in [1.29, 1.82) is 0 Å². The van der Waals surface area contributed by atoms with Crippen molar-refractivity contribution in [2.24, 2.45) is 4.99 Å². The summed E-state index contributed by atoms with van der Waals surface area (Å²) in [6, 6.07) is 16.6. The number of fused-ring (bicyclic) bond motifs is 1. The zero-order chi connectivity index (χ0) is 22.3. The third-order valence-corrected chi connectivity index (χ3v) is 6.39. The lowest BCUT2D eigenvalue weighted by Crippen LogP contribution is -2.44. The molecule has 0 aliphatic carbocycles. The molecule has 2 unspecified atom stereocenters. The smallest absolute Gasteiger partial charge is 0.225 e. The third kappa shape index (κ3) is 6.38. The Morgan fingerprint density at radius 1 is 1.15 bits per heavy atom. The van der Waals surface area contributed by atoms with Crippen molar-refractivity contribution in [1.82, 2.24) is 15.5 Å². The average molecular weight is 563 g/mol. The number of aliphatic imine (C=N–C) groups is 1. The lowest BCUT2D eigenvalue weighted by atomic mass is 9.90. The Kier molecular flexibility index (Phi) is 9.37. The minimum atomic E-state index is 0. The largest absolute Gasteiger partial charge is 0.497 e. The first kappa shape index (κ1) is 25.3. The zero-order valence-electron chi connectivity index (χ0n) is 19.3. The average Bonchev–Trinajstić information content (AvgIpc) is 3.36. The summed E-state index contributed by atoms with van der Waals surface area (Å²) in [7, 11) is 3.48. The number of para-hydroxylation sites is 1. The van der Waals surface area contributed by atoms with Gasteiger partial charge in [-0.2, -0.15) is 0 Å². The van der Waals surface area contributed by atoms with E-state index in [0.717, 1.165) is 37.0 Å². The first-order chi connectivity index (χ1) is 15.7. The van der Waals surface area contributed by atoms with Gasteiger partial charge < -0.3 is 20.7 Å². The molecule has 0 aromatic heterocycles. The van der Waals surface area contributed by atoms with E-state index in [1.807, 2.05) is 30.3 Å². The molecule has 0 spiro atoms. The number of carbonyl (C=O) groups excluding carboxylic acids is 1. The number of amides is 1. The van der Waals surface area contributed by atoms with Gasteiger partial charge in [-0.25, -0.2) is 0 Å². The number of ether oxygens (including phenoxy) is 1. The monoisotopic (exact) mass is 563 g/mol. The molecule has 2 aromatic carbocycles. The van der Waals surface area contributed by atoms with Crippen LogP contribution in [0.5, 0.6) is 5.75 Å². The van der Waals surface area contributed by atoms with Gasteiger partial charge in [-0.3, -0.25) is 14.7 Å². The molecule has 1 saturated heterocycles. The summed E-state index contributed by atoms with van der Waals surface area (Å²) in [4.78, 5) is 19.1. The topological polar surface area (TPSA) is 78.0 Å². The molecule has 8 heteroatoms. The van der Waals surface area contributed by atoms with Crippen LogP contribution in [0.2, 0.25) is 0 Å². The molecule has 0 bridgehead atoms. The van der Waals surface area contributed by atoms with Crippen molar-refractivity contribution in [3.63, 3.8) is 0 Å². The predicted molar refractivity (Wildman–Crippen MR) is 144 cm³/mol. The molecule has 4 rings (SSSR count). The van der Waals surface area contributed by atoms with Crippen molar-refractivity contribution in [2.45, 2.75) is 31.2 Å². The van der Waals surface area contributed by atoms with E-state index in [1.165, 1.54) is 24.0 Å². The Balaban J connectivity index is 0.00000306. The van der Waals surface area contributed by atoms with Crippen molar-refractivity contribution >= 4 is 41.5 Å². The number of carbonyl (C=O) groups is 1. The van der Waals surface area contributed by atoms with Gasteiger partial charge in [0.1, 0.15) is 5.75 Å². The summed E-state index contributed by atoms with van der Waals surface area (Å²) in [6.07, 6.45) is 2.95. The summed E-state index contributed by atoms with van der Waals surface area (Å²) in [5, 5.41) is 9.91. The van der Waals surface area contributed by atoms with Crippen molar-refractivity contribution in [2.75, 3.05) is 45.7 Å². The summed E-state index contributed by atoms with van der Waals surface area (Å²) in [5.41, 5.74) is 3.35. The molecule has 2 aliphatic rings. The Hall–Kier alpha value is -2.33. The summed E-state index contributed by atoms with van der Waals surface area (Å²) in [6.45, 7) is 3.63. The molecule has 2 aliphatic heterocycles. The SMILES string of the molecule is CN=C(NCC1CC(=O)Nc2ccccc21)NCC(c1ccc(OC)cc1)N1CCCC1.I. The van der Waals surface area contributed by atoms with Gasteiger partial charge in [0.25, 0.3) is 0 Å². The van der Waals surface area contributed by atoms with Crippen LogP contribution in [0.1, 0.15) is 42.3 Å². The minimum absolute atomic E-state index is 0. The maximum atomic E-state index is 12.1. The fourth-order valence-electron chi connectivity index (χ4n) is 4.65. The number of anilines is 1. The second kappa shape index (κ2) is 12.2. The molecule has 3 N–H and O–H groups in total. The van der Waals surface area contributed by atoms with Gasteiger partial charge in [0, 0.05) is 38.2 Å². The number of nitrogens with one attached hydrogen (secondary N) is 3. The standard InChI is InChI=1S/C25H33N5O2.HI/c1-26-25(27-16-19-15-24(31)29-22-8-4-3-7-21(19)22)28-17-23(30-13-5-6-14-30)18-9-11-20(32-2)12-10-18;/h3-4,7-12,19,23H,5-6,13-17H2,1-2H3,(H,29,31)(H2,26,27,28);1H. The second-order valence-corrected chi connectivity index (χ2v) is 8.40. The fourth-order valence-corrected chi connectivity index (χ4v) is 4.65. The molecule has 1 amide bonds. The lowest BCUT2D eigenvalue weighted by Gasteiger charge is -2.30. The number of nitrogens with zero attached hydrogens (tertiary/aromatic N) is 2. The highest BCUT2D eigenvalue weighted by Gasteiger charge is 2.26. The van der Waals surface area contributed by atoms with Crippen LogP contribution in [-0.2, 0) is 4.79 Å². The van der Waals surface area contributed by atoms with E-state index in [0.29, 0.717) is 13.0 Å². The molecular weight excluding hydrogens is 529 g/mol. The van der Waals surface area contributed by atoms with E-state index >= 15 is 0 Å². The molecule has 2 aromatic rings. The highest BCUT2D eigenvalue weighted by molar-refractivity contribution is 14.0. The Morgan fingerprint density at radius 3 is 2.58 bits per heavy atom. The van der Waals surface area contributed by atoms with E-state index in [9.17, 15) is 4.79 Å². The zero-order valence-corrected chi connectivity index (χ0v) is 21.7. The Bertz CT molecular complexity index is 944. The molecule has 1 fully saturated rings. The number of hydrogen-bond donors (Lipinski definition) is 3. The lowest BCUT2D eigenvalue weighted by molar-refractivity contribution is -0.116. The second-order valence-electron chi connectivity index (χ2n) is 8.40. The number of rotatable bonds is 7. The normalized spacial score (nSPS) is 19.2. The number of guanidine groups is 1. The fraction of sp³-hybridized carbons (Fsp3) is 0.440. The van der Waals surface area contributed by atoms with E-state index in [2.05, 4.69) is 44.0 Å². The molecular formula is C25H34IN5O2.